The monoisotopic (exact) mass is 307 g/mol. The normalized spacial score (nSPS) is 11.3. The first-order valence-corrected chi connectivity index (χ1v) is 7.86. The van der Waals surface area contributed by atoms with Gasteiger partial charge < -0.3 is 0 Å². The van der Waals surface area contributed by atoms with Crippen molar-refractivity contribution in [2.45, 2.75) is 0 Å². The summed E-state index contributed by atoms with van der Waals surface area (Å²) >= 11 is 0. The van der Waals surface area contributed by atoms with Crippen LogP contribution in [0.3, 0.4) is 0 Å². The van der Waals surface area contributed by atoms with E-state index in [1.54, 1.807) is 6.33 Å². The molecule has 0 aliphatic carbocycles. The van der Waals surface area contributed by atoms with Crippen molar-refractivity contribution in [1.29, 1.82) is 0 Å². The van der Waals surface area contributed by atoms with E-state index in [9.17, 15) is 0 Å². The van der Waals surface area contributed by atoms with Gasteiger partial charge in [0, 0.05) is 22.4 Å². The van der Waals surface area contributed by atoms with Crippen LogP contribution in [0.1, 0.15) is 0 Å². The maximum Gasteiger partial charge on any atom is 0.116 e. The second-order valence-corrected chi connectivity index (χ2v) is 5.88. The average Bonchev–Trinajstić information content (AvgIpc) is 2.65. The van der Waals surface area contributed by atoms with Gasteiger partial charge in [0.05, 0.1) is 16.6 Å². The van der Waals surface area contributed by atoms with Crippen molar-refractivity contribution < 1.29 is 0 Å². The van der Waals surface area contributed by atoms with Gasteiger partial charge in [-0.1, -0.05) is 42.5 Å². The summed E-state index contributed by atoms with van der Waals surface area (Å²) in [5.41, 5.74) is 5.26. The summed E-state index contributed by atoms with van der Waals surface area (Å²) in [6.45, 7) is 0. The molecule has 0 unspecified atom stereocenters. The van der Waals surface area contributed by atoms with Crippen molar-refractivity contribution in [3.8, 4) is 11.1 Å². The lowest BCUT2D eigenvalue weighted by atomic mass is 10.0. The Kier molecular flexibility index (Phi) is 2.79. The van der Waals surface area contributed by atoms with Gasteiger partial charge in [0.1, 0.15) is 6.33 Å². The first kappa shape index (κ1) is 13.1. The van der Waals surface area contributed by atoms with E-state index in [0.717, 1.165) is 38.4 Å². The van der Waals surface area contributed by atoms with E-state index in [-0.39, 0.29) is 0 Å². The molecule has 24 heavy (non-hydrogen) atoms. The van der Waals surface area contributed by atoms with Crippen molar-refractivity contribution >= 4 is 32.7 Å². The molecule has 0 aliphatic rings. The van der Waals surface area contributed by atoms with Gasteiger partial charge in [-0.3, -0.25) is 0 Å². The lowest BCUT2D eigenvalue weighted by Crippen LogP contribution is -1.86. The Bertz CT molecular complexity index is 1210. The van der Waals surface area contributed by atoms with E-state index in [1.165, 1.54) is 5.39 Å². The van der Waals surface area contributed by atoms with Crippen LogP contribution < -0.4 is 0 Å². The van der Waals surface area contributed by atoms with Gasteiger partial charge in [-0.15, -0.1) is 0 Å². The van der Waals surface area contributed by atoms with E-state index < -0.39 is 0 Å². The fourth-order valence-corrected chi connectivity index (χ4v) is 3.10. The molecular formula is C21H13N3. The standard InChI is InChI=1S/C21H13N3/c1-2-4-19-16(3-1)9-17-7-5-15(11-21(17)24-19)14-6-8-18-12-22-13-23-20(18)10-14/h1-13H. The van der Waals surface area contributed by atoms with Gasteiger partial charge in [-0.25, -0.2) is 15.0 Å². The highest BCUT2D eigenvalue weighted by molar-refractivity contribution is 5.95. The highest BCUT2D eigenvalue weighted by atomic mass is 14.8. The maximum absolute atomic E-state index is 4.80. The molecule has 3 heteroatoms. The molecule has 0 fully saturated rings. The molecule has 112 valence electrons. The zero-order chi connectivity index (χ0) is 15.9. The lowest BCUT2D eigenvalue weighted by molar-refractivity contribution is 1.22. The summed E-state index contributed by atoms with van der Waals surface area (Å²) in [7, 11) is 0. The zero-order valence-corrected chi connectivity index (χ0v) is 12.8. The molecule has 0 N–H and O–H groups in total. The van der Waals surface area contributed by atoms with Gasteiger partial charge in [-0.2, -0.15) is 0 Å². The van der Waals surface area contributed by atoms with Crippen LogP contribution in [0.5, 0.6) is 0 Å². The zero-order valence-electron chi connectivity index (χ0n) is 12.8. The molecule has 2 heterocycles. The van der Waals surface area contributed by atoms with Crippen LogP contribution in [0.4, 0.5) is 0 Å². The predicted molar refractivity (Wildman–Crippen MR) is 97.8 cm³/mol. The molecule has 3 aromatic carbocycles. The number of nitrogens with zero attached hydrogens (tertiary/aromatic N) is 3. The molecule has 0 amide bonds. The lowest BCUT2D eigenvalue weighted by Gasteiger charge is -2.06. The molecule has 0 aliphatic heterocycles. The topological polar surface area (TPSA) is 38.7 Å². The number of pyridine rings is 1. The molecule has 2 aromatic heterocycles. The smallest absolute Gasteiger partial charge is 0.116 e. The third-order valence-corrected chi connectivity index (χ3v) is 4.36. The average molecular weight is 307 g/mol. The largest absolute Gasteiger partial charge is 0.248 e. The van der Waals surface area contributed by atoms with E-state index in [4.69, 9.17) is 4.98 Å². The van der Waals surface area contributed by atoms with E-state index in [0.29, 0.717) is 0 Å². The minimum atomic E-state index is 0.953. The number of fused-ring (bicyclic) bond motifs is 3. The van der Waals surface area contributed by atoms with Crippen LogP contribution in [-0.4, -0.2) is 15.0 Å². The predicted octanol–water partition coefficient (Wildman–Crippen LogP) is 5.00. The first-order chi connectivity index (χ1) is 11.9. The summed E-state index contributed by atoms with van der Waals surface area (Å²) < 4.78 is 0. The number of hydrogen-bond donors (Lipinski definition) is 0. The molecule has 0 atom stereocenters. The first-order valence-electron chi connectivity index (χ1n) is 7.86. The second-order valence-electron chi connectivity index (χ2n) is 5.88. The van der Waals surface area contributed by atoms with E-state index in [1.807, 2.05) is 24.4 Å². The van der Waals surface area contributed by atoms with Crippen molar-refractivity contribution in [2.75, 3.05) is 0 Å². The highest BCUT2D eigenvalue weighted by Crippen LogP contribution is 2.27. The molecule has 0 bridgehead atoms. The molecular weight excluding hydrogens is 294 g/mol. The molecule has 5 rings (SSSR count). The molecule has 3 nitrogen and oxygen atoms in total. The number of aromatic nitrogens is 3. The summed E-state index contributed by atoms with van der Waals surface area (Å²) in [6, 6.07) is 23.1. The van der Waals surface area contributed by atoms with Gasteiger partial charge in [-0.05, 0) is 35.4 Å². The summed E-state index contributed by atoms with van der Waals surface area (Å²) in [4.78, 5) is 13.2. The Labute approximate surface area is 138 Å². The Hall–Kier alpha value is -3.33. The summed E-state index contributed by atoms with van der Waals surface area (Å²) in [5.74, 6) is 0. The third-order valence-electron chi connectivity index (χ3n) is 4.36. The minimum Gasteiger partial charge on any atom is -0.248 e. The molecule has 0 spiro atoms. The van der Waals surface area contributed by atoms with Crippen LogP contribution in [0.15, 0.2) is 79.3 Å². The Morgan fingerprint density at radius 2 is 1.33 bits per heavy atom. The van der Waals surface area contributed by atoms with Crippen LogP contribution >= 0.6 is 0 Å². The quantitative estimate of drug-likeness (QED) is 0.409. The van der Waals surface area contributed by atoms with Gasteiger partial charge >= 0.3 is 0 Å². The number of rotatable bonds is 1. The van der Waals surface area contributed by atoms with E-state index in [2.05, 4.69) is 58.5 Å². The number of benzene rings is 3. The summed E-state index contributed by atoms with van der Waals surface area (Å²) in [6.07, 6.45) is 3.42. The van der Waals surface area contributed by atoms with Gasteiger partial charge in [0.2, 0.25) is 0 Å². The van der Waals surface area contributed by atoms with Gasteiger partial charge in [0.25, 0.3) is 0 Å². The minimum absolute atomic E-state index is 0.953. The Balaban J connectivity index is 1.71. The third kappa shape index (κ3) is 2.10. The van der Waals surface area contributed by atoms with E-state index >= 15 is 0 Å². The second kappa shape index (κ2) is 5.10. The van der Waals surface area contributed by atoms with Crippen molar-refractivity contribution in [3.05, 3.63) is 79.3 Å². The van der Waals surface area contributed by atoms with Crippen LogP contribution in [0, 0.1) is 0 Å². The summed E-state index contributed by atoms with van der Waals surface area (Å²) in [5, 5.41) is 3.37. The Morgan fingerprint density at radius 3 is 2.25 bits per heavy atom. The van der Waals surface area contributed by atoms with Crippen LogP contribution in [0.25, 0.3) is 43.8 Å². The fraction of sp³-hybridized carbons (Fsp3) is 0. The molecule has 0 radical (unpaired) electrons. The van der Waals surface area contributed by atoms with Crippen LogP contribution in [-0.2, 0) is 0 Å². The van der Waals surface area contributed by atoms with Crippen molar-refractivity contribution in [3.63, 3.8) is 0 Å². The Morgan fingerprint density at radius 1 is 0.583 bits per heavy atom. The highest BCUT2D eigenvalue weighted by Gasteiger charge is 2.04. The van der Waals surface area contributed by atoms with Crippen molar-refractivity contribution in [1.82, 2.24) is 15.0 Å². The maximum atomic E-state index is 4.80. The molecule has 5 aromatic rings. The van der Waals surface area contributed by atoms with Crippen LogP contribution in [0.2, 0.25) is 0 Å². The fourth-order valence-electron chi connectivity index (χ4n) is 3.10. The number of hydrogen-bond acceptors (Lipinski definition) is 3. The molecule has 0 saturated carbocycles. The number of para-hydroxylation sites is 1. The molecule has 0 saturated heterocycles. The van der Waals surface area contributed by atoms with Crippen molar-refractivity contribution in [2.24, 2.45) is 0 Å². The van der Waals surface area contributed by atoms with Gasteiger partial charge in [0.15, 0.2) is 0 Å². The SMILES string of the molecule is c1ccc2nc3cc(-c4ccc5cncnc5c4)ccc3cc2c1.